The summed E-state index contributed by atoms with van der Waals surface area (Å²) in [6, 6.07) is 30.4. The molecule has 2 heterocycles. The number of rotatable bonds is 12. The van der Waals surface area contributed by atoms with Crippen LogP contribution >= 0.6 is 0 Å². The predicted molar refractivity (Wildman–Crippen MR) is 186 cm³/mol. The Morgan fingerprint density at radius 1 is 0.898 bits per heavy atom. The van der Waals surface area contributed by atoms with Crippen LogP contribution < -0.4 is 4.72 Å². The van der Waals surface area contributed by atoms with Crippen LogP contribution in [0.15, 0.2) is 114 Å². The first-order chi connectivity index (χ1) is 23.6. The Morgan fingerprint density at radius 2 is 1.59 bits per heavy atom. The fourth-order valence-electron chi connectivity index (χ4n) is 6.18. The van der Waals surface area contributed by atoms with Crippen LogP contribution in [-0.2, 0) is 32.6 Å². The largest absolute Gasteiger partial charge is 0.508 e. The van der Waals surface area contributed by atoms with Gasteiger partial charge < -0.3 is 29.7 Å². The summed E-state index contributed by atoms with van der Waals surface area (Å²) in [5.41, 5.74) is 4.35. The number of hydrogen-bond donors (Lipinski definition) is 4. The Hall–Kier alpha value is -4.20. The molecule has 49 heavy (non-hydrogen) atoms. The Labute approximate surface area is 286 Å². The van der Waals surface area contributed by atoms with Crippen LogP contribution in [0.5, 0.6) is 5.75 Å². The molecule has 0 bridgehead atoms. The predicted octanol–water partition coefficient (Wildman–Crippen LogP) is 5.37. The SMILES string of the molecule is C[C@H]1[C@@H](CN(C)C[C@@H](O)c2cccc(O)c2)OC(c2ccc(CNS(=O)(=O)c3cccc4cccnc34)cc2)O[C@H]1c1ccc(CO)cc1. The highest BCUT2D eigenvalue weighted by Gasteiger charge is 2.39. The number of hydrogen-bond acceptors (Lipinski definition) is 9. The number of para-hydroxylation sites is 1. The monoisotopic (exact) mass is 683 g/mol. The first-order valence-corrected chi connectivity index (χ1v) is 17.7. The van der Waals surface area contributed by atoms with Crippen molar-refractivity contribution < 1.29 is 33.2 Å². The van der Waals surface area contributed by atoms with Gasteiger partial charge in [-0.1, -0.05) is 85.8 Å². The zero-order valence-electron chi connectivity index (χ0n) is 27.4. The zero-order valence-corrected chi connectivity index (χ0v) is 28.2. The summed E-state index contributed by atoms with van der Waals surface area (Å²) in [6.45, 7) is 2.95. The third-order valence-corrected chi connectivity index (χ3v) is 10.4. The molecule has 5 atom stereocenters. The molecule has 1 unspecified atom stereocenters. The van der Waals surface area contributed by atoms with Crippen molar-refractivity contribution in [3.63, 3.8) is 0 Å². The van der Waals surface area contributed by atoms with Crippen molar-refractivity contribution >= 4 is 20.9 Å². The highest BCUT2D eigenvalue weighted by atomic mass is 32.2. The van der Waals surface area contributed by atoms with E-state index in [0.29, 0.717) is 24.2 Å². The minimum atomic E-state index is -3.82. The maximum atomic E-state index is 13.2. The highest BCUT2D eigenvalue weighted by Crippen LogP contribution is 2.42. The lowest BCUT2D eigenvalue weighted by atomic mass is 9.90. The average Bonchev–Trinajstić information content (AvgIpc) is 3.11. The van der Waals surface area contributed by atoms with Crippen molar-refractivity contribution in [2.45, 2.75) is 49.6 Å². The van der Waals surface area contributed by atoms with E-state index in [1.165, 1.54) is 0 Å². The number of likely N-dealkylation sites (N-methyl/N-ethyl adjacent to an activating group) is 1. The number of aromatic hydroxyl groups is 1. The summed E-state index contributed by atoms with van der Waals surface area (Å²) in [4.78, 5) is 6.41. The van der Waals surface area contributed by atoms with E-state index < -0.39 is 22.4 Å². The Kier molecular flexibility index (Phi) is 10.7. The van der Waals surface area contributed by atoms with Crippen molar-refractivity contribution in [1.29, 1.82) is 0 Å². The van der Waals surface area contributed by atoms with Gasteiger partial charge in [-0.25, -0.2) is 13.1 Å². The minimum Gasteiger partial charge on any atom is -0.508 e. The number of phenolic OH excluding ortho intramolecular Hbond substituents is 1. The average molecular weight is 684 g/mol. The maximum Gasteiger partial charge on any atom is 0.243 e. The number of sulfonamides is 1. The molecular formula is C38H41N3O7S. The molecule has 0 amide bonds. The molecule has 1 aromatic heterocycles. The molecule has 0 saturated carbocycles. The van der Waals surface area contributed by atoms with Gasteiger partial charge in [-0.15, -0.1) is 0 Å². The third-order valence-electron chi connectivity index (χ3n) is 8.96. The number of aliphatic hydroxyl groups excluding tert-OH is 2. The molecule has 1 saturated heterocycles. The molecule has 1 aliphatic rings. The van der Waals surface area contributed by atoms with E-state index in [0.717, 1.165) is 27.6 Å². The number of nitrogens with zero attached hydrogens (tertiary/aromatic N) is 2. The highest BCUT2D eigenvalue weighted by molar-refractivity contribution is 7.89. The summed E-state index contributed by atoms with van der Waals surface area (Å²) in [5.74, 6) is 0.0397. The number of fused-ring (bicyclic) bond motifs is 1. The van der Waals surface area contributed by atoms with Gasteiger partial charge in [-0.05, 0) is 53.6 Å². The zero-order chi connectivity index (χ0) is 34.5. The second kappa shape index (κ2) is 15.1. The van der Waals surface area contributed by atoms with E-state index in [9.17, 15) is 23.7 Å². The summed E-state index contributed by atoms with van der Waals surface area (Å²) in [7, 11) is -1.91. The summed E-state index contributed by atoms with van der Waals surface area (Å²) < 4.78 is 42.3. The van der Waals surface area contributed by atoms with E-state index in [1.54, 1.807) is 48.7 Å². The third kappa shape index (κ3) is 8.17. The van der Waals surface area contributed by atoms with Crippen molar-refractivity contribution in [3.05, 3.63) is 137 Å². The standard InChI is InChI=1S/C38H41N3O7S/c1-25-34(23-41(2)22-33(44)31-7-3-9-32(43)20-31)47-38(48-37(25)29-15-13-27(24-42)14-16-29)30-17-11-26(12-18-30)21-40-49(45,46)35-10-4-6-28-8-5-19-39-36(28)35/h3-20,25,33-34,37-38,40,42-44H,21-24H2,1-2H3/t25-,33+,34+,37+,38?/m0/s1. The van der Waals surface area contributed by atoms with Gasteiger partial charge in [0.25, 0.3) is 0 Å². The summed E-state index contributed by atoms with van der Waals surface area (Å²) in [5, 5.41) is 31.0. The fourth-order valence-corrected chi connectivity index (χ4v) is 7.38. The molecule has 0 spiro atoms. The molecule has 11 heteroatoms. The van der Waals surface area contributed by atoms with Gasteiger partial charge in [0, 0.05) is 42.7 Å². The molecule has 1 aliphatic heterocycles. The molecule has 4 N–H and O–H groups in total. The van der Waals surface area contributed by atoms with E-state index >= 15 is 0 Å². The first-order valence-electron chi connectivity index (χ1n) is 16.2. The Morgan fingerprint density at radius 3 is 2.33 bits per heavy atom. The van der Waals surface area contributed by atoms with Gasteiger partial charge >= 0.3 is 0 Å². The van der Waals surface area contributed by atoms with Crippen LogP contribution in [0.4, 0.5) is 0 Å². The first kappa shape index (κ1) is 34.7. The van der Waals surface area contributed by atoms with Crippen LogP contribution in [0.2, 0.25) is 0 Å². The lowest BCUT2D eigenvalue weighted by molar-refractivity contribution is -0.276. The maximum absolute atomic E-state index is 13.2. The molecule has 6 rings (SSSR count). The second-order valence-corrected chi connectivity index (χ2v) is 14.3. The van der Waals surface area contributed by atoms with E-state index in [2.05, 4.69) is 16.6 Å². The van der Waals surface area contributed by atoms with Crippen LogP contribution in [0.25, 0.3) is 10.9 Å². The number of nitrogens with one attached hydrogen (secondary N) is 1. The van der Waals surface area contributed by atoms with Crippen molar-refractivity contribution in [2.24, 2.45) is 5.92 Å². The molecule has 1 fully saturated rings. The van der Waals surface area contributed by atoms with Gasteiger partial charge in [0.05, 0.1) is 30.4 Å². The fraction of sp³-hybridized carbons (Fsp3) is 0.289. The number of phenols is 1. The number of ether oxygens (including phenoxy) is 2. The second-order valence-electron chi connectivity index (χ2n) is 12.6. The summed E-state index contributed by atoms with van der Waals surface area (Å²) in [6.07, 6.45) is -0.522. The Balaban J connectivity index is 1.17. The molecule has 256 valence electrons. The van der Waals surface area contributed by atoms with Crippen molar-refractivity contribution in [1.82, 2.24) is 14.6 Å². The number of pyridine rings is 1. The minimum absolute atomic E-state index is 0.0522. The molecule has 4 aromatic carbocycles. The van der Waals surface area contributed by atoms with E-state index in [1.807, 2.05) is 72.6 Å². The van der Waals surface area contributed by atoms with Crippen LogP contribution in [0.1, 0.15) is 53.2 Å². The van der Waals surface area contributed by atoms with E-state index in [-0.39, 0.29) is 41.9 Å². The van der Waals surface area contributed by atoms with Crippen LogP contribution in [0, 0.1) is 5.92 Å². The Bertz CT molecular complexity index is 1970. The normalized spacial score (nSPS) is 20.4. The number of benzene rings is 4. The molecular weight excluding hydrogens is 642 g/mol. The van der Waals surface area contributed by atoms with Gasteiger partial charge in [-0.3, -0.25) is 4.98 Å². The number of aromatic nitrogens is 1. The van der Waals surface area contributed by atoms with E-state index in [4.69, 9.17) is 9.47 Å². The van der Waals surface area contributed by atoms with Crippen LogP contribution in [0.3, 0.4) is 0 Å². The van der Waals surface area contributed by atoms with Crippen LogP contribution in [-0.4, -0.2) is 59.9 Å². The topological polar surface area (TPSA) is 141 Å². The van der Waals surface area contributed by atoms with Crippen molar-refractivity contribution in [3.8, 4) is 5.75 Å². The van der Waals surface area contributed by atoms with Gasteiger partial charge in [0.2, 0.25) is 10.0 Å². The summed E-state index contributed by atoms with van der Waals surface area (Å²) >= 11 is 0. The quantitative estimate of drug-likeness (QED) is 0.137. The number of aliphatic hydroxyl groups is 2. The van der Waals surface area contributed by atoms with Crippen molar-refractivity contribution in [2.75, 3.05) is 20.1 Å². The molecule has 0 aliphatic carbocycles. The van der Waals surface area contributed by atoms with Gasteiger partial charge in [-0.2, -0.15) is 0 Å². The lowest BCUT2D eigenvalue weighted by Gasteiger charge is -2.42. The molecule has 5 aromatic rings. The smallest absolute Gasteiger partial charge is 0.243 e. The molecule has 0 radical (unpaired) electrons. The lowest BCUT2D eigenvalue weighted by Crippen LogP contribution is -2.44. The van der Waals surface area contributed by atoms with Gasteiger partial charge in [0.15, 0.2) is 6.29 Å². The molecule has 10 nitrogen and oxygen atoms in total. The van der Waals surface area contributed by atoms with Gasteiger partial charge in [0.1, 0.15) is 10.6 Å².